The Balaban J connectivity index is 1.48. The van der Waals surface area contributed by atoms with E-state index in [1.807, 2.05) is 61.9 Å². The Morgan fingerprint density at radius 2 is 1.81 bits per heavy atom. The highest BCUT2D eigenvalue weighted by atomic mass is 16.5. The van der Waals surface area contributed by atoms with Crippen LogP contribution in [0, 0.1) is 0 Å². The number of aromatic nitrogens is 2. The molecule has 1 aliphatic rings. The van der Waals surface area contributed by atoms with Crippen LogP contribution in [0.3, 0.4) is 0 Å². The third-order valence-corrected chi connectivity index (χ3v) is 4.56. The van der Waals surface area contributed by atoms with Gasteiger partial charge in [0.25, 0.3) is 0 Å². The molecule has 0 spiro atoms. The standard InChI is InChI=1S/C21H22N4O2/c1-24(18-14-19(16-22-15-18)25-10-12-26-13-11-25)17-5-7-20(8-6-17)27-21-4-2-3-9-23-21/h2-9,14-16H,10-13H2,1H3. The van der Waals surface area contributed by atoms with Gasteiger partial charge in [-0.3, -0.25) is 4.98 Å². The molecule has 6 nitrogen and oxygen atoms in total. The zero-order chi connectivity index (χ0) is 18.5. The van der Waals surface area contributed by atoms with Gasteiger partial charge >= 0.3 is 0 Å². The monoisotopic (exact) mass is 362 g/mol. The predicted octanol–water partition coefficient (Wildman–Crippen LogP) is 3.87. The van der Waals surface area contributed by atoms with Crippen LogP contribution in [0.5, 0.6) is 11.6 Å². The molecule has 1 aromatic carbocycles. The van der Waals surface area contributed by atoms with E-state index in [9.17, 15) is 0 Å². The molecule has 138 valence electrons. The van der Waals surface area contributed by atoms with Gasteiger partial charge in [0.05, 0.1) is 37.0 Å². The summed E-state index contributed by atoms with van der Waals surface area (Å²) in [5, 5.41) is 0. The SMILES string of the molecule is CN(c1ccc(Oc2ccccn2)cc1)c1cncc(N2CCOCC2)c1. The molecule has 0 aliphatic carbocycles. The van der Waals surface area contributed by atoms with Crippen molar-refractivity contribution in [3.8, 4) is 11.6 Å². The summed E-state index contributed by atoms with van der Waals surface area (Å²) in [6.45, 7) is 3.32. The summed E-state index contributed by atoms with van der Waals surface area (Å²) in [5.74, 6) is 1.34. The molecule has 0 saturated carbocycles. The molecule has 6 heteroatoms. The minimum absolute atomic E-state index is 0.584. The van der Waals surface area contributed by atoms with Gasteiger partial charge in [0.1, 0.15) is 5.75 Å². The highest BCUT2D eigenvalue weighted by Crippen LogP contribution is 2.29. The Morgan fingerprint density at radius 1 is 1.00 bits per heavy atom. The van der Waals surface area contributed by atoms with Crippen molar-refractivity contribution in [1.82, 2.24) is 9.97 Å². The molecule has 2 aromatic heterocycles. The van der Waals surface area contributed by atoms with Crippen LogP contribution in [0.25, 0.3) is 0 Å². The average Bonchev–Trinajstić information content (AvgIpc) is 2.75. The summed E-state index contributed by atoms with van der Waals surface area (Å²) in [4.78, 5) is 13.0. The van der Waals surface area contributed by atoms with Crippen molar-refractivity contribution in [1.29, 1.82) is 0 Å². The lowest BCUT2D eigenvalue weighted by Gasteiger charge is -2.29. The van der Waals surface area contributed by atoms with Crippen LogP contribution >= 0.6 is 0 Å². The zero-order valence-electron chi connectivity index (χ0n) is 15.3. The second-order valence-corrected chi connectivity index (χ2v) is 6.32. The molecule has 0 radical (unpaired) electrons. The van der Waals surface area contributed by atoms with E-state index in [4.69, 9.17) is 9.47 Å². The van der Waals surface area contributed by atoms with Crippen molar-refractivity contribution >= 4 is 17.1 Å². The van der Waals surface area contributed by atoms with Gasteiger partial charge in [-0.15, -0.1) is 0 Å². The number of morpholine rings is 1. The maximum absolute atomic E-state index is 5.76. The van der Waals surface area contributed by atoms with E-state index >= 15 is 0 Å². The first-order valence-electron chi connectivity index (χ1n) is 9.00. The second kappa shape index (κ2) is 8.05. The number of rotatable bonds is 5. The molecule has 0 N–H and O–H groups in total. The molecule has 0 amide bonds. The number of hydrogen-bond acceptors (Lipinski definition) is 6. The van der Waals surface area contributed by atoms with Crippen molar-refractivity contribution in [2.45, 2.75) is 0 Å². The van der Waals surface area contributed by atoms with E-state index in [0.29, 0.717) is 5.88 Å². The van der Waals surface area contributed by atoms with Crippen molar-refractivity contribution in [3.05, 3.63) is 67.1 Å². The summed E-state index contributed by atoms with van der Waals surface area (Å²) in [6, 6.07) is 15.7. The van der Waals surface area contributed by atoms with Crippen molar-refractivity contribution in [3.63, 3.8) is 0 Å². The largest absolute Gasteiger partial charge is 0.439 e. The van der Waals surface area contributed by atoms with E-state index in [1.54, 1.807) is 6.20 Å². The molecular formula is C21H22N4O2. The molecule has 0 unspecified atom stereocenters. The Morgan fingerprint density at radius 3 is 2.56 bits per heavy atom. The zero-order valence-corrected chi connectivity index (χ0v) is 15.3. The van der Waals surface area contributed by atoms with Gasteiger partial charge in [-0.2, -0.15) is 0 Å². The van der Waals surface area contributed by atoms with Crippen LogP contribution in [0.1, 0.15) is 0 Å². The summed E-state index contributed by atoms with van der Waals surface area (Å²) in [7, 11) is 2.04. The lowest BCUT2D eigenvalue weighted by molar-refractivity contribution is 0.122. The van der Waals surface area contributed by atoms with Crippen molar-refractivity contribution in [2.75, 3.05) is 43.2 Å². The van der Waals surface area contributed by atoms with Gasteiger partial charge in [0.2, 0.25) is 5.88 Å². The van der Waals surface area contributed by atoms with Crippen LogP contribution in [0.15, 0.2) is 67.1 Å². The van der Waals surface area contributed by atoms with Gasteiger partial charge in [-0.25, -0.2) is 4.98 Å². The number of benzene rings is 1. The summed E-state index contributed by atoms with van der Waals surface area (Å²) in [5.41, 5.74) is 3.22. The lowest BCUT2D eigenvalue weighted by Crippen LogP contribution is -2.36. The van der Waals surface area contributed by atoms with E-state index in [1.165, 1.54) is 0 Å². The van der Waals surface area contributed by atoms with Crippen LogP contribution < -0.4 is 14.5 Å². The first kappa shape index (κ1) is 17.3. The van der Waals surface area contributed by atoms with Gasteiger partial charge in [0.15, 0.2) is 0 Å². The predicted molar refractivity (Wildman–Crippen MR) is 106 cm³/mol. The van der Waals surface area contributed by atoms with Crippen LogP contribution in [0.2, 0.25) is 0 Å². The van der Waals surface area contributed by atoms with E-state index < -0.39 is 0 Å². The summed E-state index contributed by atoms with van der Waals surface area (Å²) in [6.07, 6.45) is 5.50. The third kappa shape index (κ3) is 4.17. The molecule has 1 fully saturated rings. The van der Waals surface area contributed by atoms with Crippen molar-refractivity contribution < 1.29 is 9.47 Å². The quantitative estimate of drug-likeness (QED) is 0.687. The Hall–Kier alpha value is -3.12. The number of hydrogen-bond donors (Lipinski definition) is 0. The fraction of sp³-hybridized carbons (Fsp3) is 0.238. The normalized spacial score (nSPS) is 14.0. The van der Waals surface area contributed by atoms with Crippen LogP contribution in [0.4, 0.5) is 17.1 Å². The Labute approximate surface area is 159 Å². The van der Waals surface area contributed by atoms with Gasteiger partial charge in [-0.05, 0) is 36.4 Å². The third-order valence-electron chi connectivity index (χ3n) is 4.56. The van der Waals surface area contributed by atoms with Gasteiger partial charge in [-0.1, -0.05) is 6.07 Å². The molecule has 0 bridgehead atoms. The maximum atomic E-state index is 5.76. The number of ether oxygens (including phenoxy) is 2. The van der Waals surface area contributed by atoms with E-state index in [-0.39, 0.29) is 0 Å². The Bertz CT molecular complexity index is 865. The number of nitrogens with zero attached hydrogens (tertiary/aromatic N) is 4. The maximum Gasteiger partial charge on any atom is 0.219 e. The van der Waals surface area contributed by atoms with Gasteiger partial charge < -0.3 is 19.3 Å². The minimum atomic E-state index is 0.584. The van der Waals surface area contributed by atoms with Crippen LogP contribution in [-0.2, 0) is 4.74 Å². The molecule has 27 heavy (non-hydrogen) atoms. The molecular weight excluding hydrogens is 340 g/mol. The Kier molecular flexibility index (Phi) is 5.16. The molecule has 0 atom stereocenters. The summed E-state index contributed by atoms with van der Waals surface area (Å²) >= 11 is 0. The molecule has 3 heterocycles. The molecule has 1 saturated heterocycles. The lowest BCUT2D eigenvalue weighted by atomic mass is 10.2. The van der Waals surface area contributed by atoms with Crippen LogP contribution in [-0.4, -0.2) is 43.3 Å². The molecule has 4 rings (SSSR count). The smallest absolute Gasteiger partial charge is 0.219 e. The molecule has 1 aliphatic heterocycles. The first-order valence-corrected chi connectivity index (χ1v) is 9.00. The topological polar surface area (TPSA) is 50.7 Å². The minimum Gasteiger partial charge on any atom is -0.439 e. The first-order chi connectivity index (χ1) is 13.3. The fourth-order valence-corrected chi connectivity index (χ4v) is 3.01. The molecule has 3 aromatic rings. The fourth-order valence-electron chi connectivity index (χ4n) is 3.01. The van der Waals surface area contributed by atoms with E-state index in [2.05, 4.69) is 25.8 Å². The average molecular weight is 362 g/mol. The second-order valence-electron chi connectivity index (χ2n) is 6.32. The highest BCUT2D eigenvalue weighted by molar-refractivity contribution is 5.66. The number of pyridine rings is 2. The highest BCUT2D eigenvalue weighted by Gasteiger charge is 2.13. The number of anilines is 3. The van der Waals surface area contributed by atoms with E-state index in [0.717, 1.165) is 49.1 Å². The van der Waals surface area contributed by atoms with Gasteiger partial charge in [0, 0.05) is 38.1 Å². The van der Waals surface area contributed by atoms with Crippen molar-refractivity contribution in [2.24, 2.45) is 0 Å². The summed E-state index contributed by atoms with van der Waals surface area (Å²) < 4.78 is 11.2.